The van der Waals surface area contributed by atoms with Crippen molar-refractivity contribution in [2.45, 2.75) is 5.41 Å². The summed E-state index contributed by atoms with van der Waals surface area (Å²) in [6.07, 6.45) is 2.24. The minimum atomic E-state index is -0.377. The van der Waals surface area contributed by atoms with Crippen LogP contribution in [0.2, 0.25) is 0 Å². The van der Waals surface area contributed by atoms with Crippen LogP contribution in [0.15, 0.2) is 140 Å². The van der Waals surface area contributed by atoms with E-state index in [1.807, 2.05) is 11.3 Å². The summed E-state index contributed by atoms with van der Waals surface area (Å²) in [6.45, 7) is 0. The van der Waals surface area contributed by atoms with E-state index in [0.29, 0.717) is 0 Å². The second-order valence-electron chi connectivity index (χ2n) is 9.76. The third kappa shape index (κ3) is 2.79. The molecule has 0 radical (unpaired) electrons. The van der Waals surface area contributed by atoms with Crippen LogP contribution in [0.1, 0.15) is 22.3 Å². The second kappa shape index (κ2) is 7.80. The first-order chi connectivity index (χ1) is 18.4. The van der Waals surface area contributed by atoms with Gasteiger partial charge in [0, 0.05) is 21.8 Å². The number of benzene rings is 5. The van der Waals surface area contributed by atoms with E-state index in [2.05, 4.69) is 144 Å². The smallest absolute Gasteiger partial charge is 0.101 e. The summed E-state index contributed by atoms with van der Waals surface area (Å²) in [7, 11) is 0. The molecule has 0 aliphatic heterocycles. The number of rotatable bonds is 3. The van der Waals surface area contributed by atoms with Gasteiger partial charge in [0.2, 0.25) is 0 Å². The van der Waals surface area contributed by atoms with Gasteiger partial charge in [-0.3, -0.25) is 0 Å². The van der Waals surface area contributed by atoms with Crippen LogP contribution < -0.4 is 0 Å². The van der Waals surface area contributed by atoms with Crippen LogP contribution in [-0.2, 0) is 5.41 Å². The second-order valence-corrected chi connectivity index (χ2v) is 10.8. The highest BCUT2D eigenvalue weighted by Crippen LogP contribution is 2.58. The number of aromatic nitrogens is 1. The number of hydrogen-bond acceptors (Lipinski definition) is 1. The van der Waals surface area contributed by atoms with E-state index < -0.39 is 0 Å². The van der Waals surface area contributed by atoms with E-state index in [4.69, 9.17) is 0 Å². The Bertz CT molecular complexity index is 1850. The summed E-state index contributed by atoms with van der Waals surface area (Å²) in [5.41, 5.74) is 8.85. The Labute approximate surface area is 219 Å². The first-order valence-corrected chi connectivity index (χ1v) is 13.5. The minimum Gasteiger partial charge on any atom is -0.307 e. The zero-order valence-electron chi connectivity index (χ0n) is 20.1. The quantitative estimate of drug-likeness (QED) is 0.233. The monoisotopic (exact) mass is 489 g/mol. The molecule has 2 heterocycles. The van der Waals surface area contributed by atoms with E-state index in [0.717, 1.165) is 0 Å². The van der Waals surface area contributed by atoms with Gasteiger partial charge >= 0.3 is 0 Å². The molecule has 1 nitrogen and oxygen atoms in total. The normalized spacial score (nSPS) is 13.6. The SMILES string of the molecule is c1ccc(C2(c3ccccc3)c3ccccc3-c3c2ccc2ccn(-c4cc5ccccc5s4)c32)cc1. The van der Waals surface area contributed by atoms with E-state index >= 15 is 0 Å². The molecule has 0 unspecified atom stereocenters. The summed E-state index contributed by atoms with van der Waals surface area (Å²) < 4.78 is 3.72. The van der Waals surface area contributed by atoms with Crippen molar-refractivity contribution in [3.05, 3.63) is 162 Å². The zero-order valence-corrected chi connectivity index (χ0v) is 21.0. The molecule has 0 saturated heterocycles. The van der Waals surface area contributed by atoms with Crippen LogP contribution in [-0.4, -0.2) is 4.57 Å². The molecule has 1 aliphatic rings. The Balaban J connectivity index is 1.53. The Morgan fingerprint density at radius 2 is 1.22 bits per heavy atom. The van der Waals surface area contributed by atoms with Crippen LogP contribution in [0.4, 0.5) is 0 Å². The maximum Gasteiger partial charge on any atom is 0.101 e. The maximum absolute atomic E-state index is 2.40. The topological polar surface area (TPSA) is 4.93 Å². The van der Waals surface area contributed by atoms with Crippen molar-refractivity contribution >= 4 is 32.3 Å². The standard InChI is InChI=1S/C35H23NS/c1-3-12-26(13-4-1)35(27-14-5-2-6-15-27)29-17-9-8-16-28(29)33-30(35)20-19-24-21-22-36(34(24)33)32-23-25-11-7-10-18-31(25)37-32/h1-23H. The highest BCUT2D eigenvalue weighted by atomic mass is 32.1. The molecule has 8 rings (SSSR count). The lowest BCUT2D eigenvalue weighted by Gasteiger charge is -2.33. The van der Waals surface area contributed by atoms with Crippen molar-refractivity contribution < 1.29 is 0 Å². The lowest BCUT2D eigenvalue weighted by molar-refractivity contribution is 0.769. The van der Waals surface area contributed by atoms with Gasteiger partial charge in [0.05, 0.1) is 10.9 Å². The number of hydrogen-bond donors (Lipinski definition) is 0. The van der Waals surface area contributed by atoms with Gasteiger partial charge in [-0.2, -0.15) is 0 Å². The minimum absolute atomic E-state index is 0.377. The third-order valence-corrected chi connectivity index (χ3v) is 9.04. The van der Waals surface area contributed by atoms with E-state index in [-0.39, 0.29) is 5.41 Å². The van der Waals surface area contributed by atoms with Crippen molar-refractivity contribution in [3.8, 4) is 16.1 Å². The van der Waals surface area contributed by atoms with E-state index in [1.54, 1.807) is 0 Å². The summed E-state index contributed by atoms with van der Waals surface area (Å²) >= 11 is 1.85. The molecule has 2 heteroatoms. The largest absolute Gasteiger partial charge is 0.307 e. The summed E-state index contributed by atoms with van der Waals surface area (Å²) in [5.74, 6) is 0. The molecule has 5 aromatic carbocycles. The van der Waals surface area contributed by atoms with E-state index in [9.17, 15) is 0 Å². The van der Waals surface area contributed by atoms with Crippen molar-refractivity contribution in [3.63, 3.8) is 0 Å². The Kier molecular flexibility index (Phi) is 4.37. The molecule has 0 fully saturated rings. The molecule has 1 aliphatic carbocycles. The fourth-order valence-corrected chi connectivity index (χ4v) is 7.48. The molecule has 2 aromatic heterocycles. The lowest BCUT2D eigenvalue weighted by atomic mass is 9.68. The molecule has 0 amide bonds. The first-order valence-electron chi connectivity index (χ1n) is 12.7. The molecular weight excluding hydrogens is 466 g/mol. The first kappa shape index (κ1) is 20.8. The van der Waals surface area contributed by atoms with Gasteiger partial charge in [-0.25, -0.2) is 0 Å². The van der Waals surface area contributed by atoms with E-state index in [1.165, 1.54) is 59.4 Å². The van der Waals surface area contributed by atoms with Crippen LogP contribution in [0.3, 0.4) is 0 Å². The molecule has 174 valence electrons. The van der Waals surface area contributed by atoms with Crippen molar-refractivity contribution in [1.82, 2.24) is 4.57 Å². The molecule has 0 atom stereocenters. The Morgan fingerprint density at radius 3 is 1.97 bits per heavy atom. The van der Waals surface area contributed by atoms with Crippen LogP contribution >= 0.6 is 11.3 Å². The highest BCUT2D eigenvalue weighted by molar-refractivity contribution is 7.21. The molecular formula is C35H23NS. The zero-order chi connectivity index (χ0) is 24.4. The lowest BCUT2D eigenvalue weighted by Crippen LogP contribution is -2.28. The van der Waals surface area contributed by atoms with Crippen molar-refractivity contribution in [2.75, 3.05) is 0 Å². The van der Waals surface area contributed by atoms with Crippen LogP contribution in [0.25, 0.3) is 37.1 Å². The predicted molar refractivity (Wildman–Crippen MR) is 156 cm³/mol. The van der Waals surface area contributed by atoms with Crippen molar-refractivity contribution in [2.24, 2.45) is 0 Å². The highest BCUT2D eigenvalue weighted by Gasteiger charge is 2.46. The van der Waals surface area contributed by atoms with Crippen LogP contribution in [0, 0.1) is 0 Å². The number of thiophene rings is 1. The molecule has 0 saturated carbocycles. The van der Waals surface area contributed by atoms with Crippen LogP contribution in [0.5, 0.6) is 0 Å². The van der Waals surface area contributed by atoms with Gasteiger partial charge in [0.25, 0.3) is 0 Å². The Morgan fingerprint density at radius 1 is 0.541 bits per heavy atom. The fraction of sp³-hybridized carbons (Fsp3) is 0.0286. The molecule has 7 aromatic rings. The predicted octanol–water partition coefficient (Wildman–Crippen LogP) is 9.21. The molecule has 37 heavy (non-hydrogen) atoms. The molecule has 0 bridgehead atoms. The van der Waals surface area contributed by atoms with Gasteiger partial charge in [0.1, 0.15) is 5.00 Å². The summed E-state index contributed by atoms with van der Waals surface area (Å²) in [5, 5.41) is 3.81. The summed E-state index contributed by atoms with van der Waals surface area (Å²) in [6, 6.07) is 49.0. The van der Waals surface area contributed by atoms with Crippen molar-refractivity contribution in [1.29, 1.82) is 0 Å². The maximum atomic E-state index is 2.40. The fourth-order valence-electron chi connectivity index (χ4n) is 6.42. The molecule has 0 spiro atoms. The van der Waals surface area contributed by atoms with Gasteiger partial charge < -0.3 is 4.57 Å². The average molecular weight is 490 g/mol. The average Bonchev–Trinajstić information content (AvgIpc) is 3.66. The molecule has 0 N–H and O–H groups in total. The number of nitrogens with zero attached hydrogens (tertiary/aromatic N) is 1. The van der Waals surface area contributed by atoms with Gasteiger partial charge in [0.15, 0.2) is 0 Å². The summed E-state index contributed by atoms with van der Waals surface area (Å²) in [4.78, 5) is 0. The van der Waals surface area contributed by atoms with Gasteiger partial charge in [-0.05, 0) is 51.4 Å². The Hall–Kier alpha value is -4.40. The number of fused-ring (bicyclic) bond motifs is 6. The van der Waals surface area contributed by atoms with Gasteiger partial charge in [-0.15, -0.1) is 11.3 Å². The van der Waals surface area contributed by atoms with Gasteiger partial charge in [-0.1, -0.05) is 115 Å². The third-order valence-electron chi connectivity index (χ3n) is 7.92.